The van der Waals surface area contributed by atoms with Crippen molar-refractivity contribution >= 4 is 42.4 Å². The molecule has 3 rings (SSSR count). The first-order chi connectivity index (χ1) is 13.3. The summed E-state index contributed by atoms with van der Waals surface area (Å²) in [6.45, 7) is -1.52. The van der Waals surface area contributed by atoms with Crippen LogP contribution in [0.4, 0.5) is 8.78 Å². The number of sulfonamides is 1. The van der Waals surface area contributed by atoms with Crippen molar-refractivity contribution in [1.82, 2.24) is 4.83 Å². The summed E-state index contributed by atoms with van der Waals surface area (Å²) in [4.78, 5) is 2.15. The topological polar surface area (TPSA) is 67.8 Å². The maximum atomic E-state index is 12.9. The third kappa shape index (κ3) is 4.48. The van der Waals surface area contributed by atoms with Gasteiger partial charge < -0.3 is 4.74 Å². The summed E-state index contributed by atoms with van der Waals surface area (Å²) in [5.41, 5.74) is 0.444. The van der Waals surface area contributed by atoms with Gasteiger partial charge in [0, 0.05) is 15.4 Å². The van der Waals surface area contributed by atoms with Crippen molar-refractivity contribution < 1.29 is 21.9 Å². The predicted molar refractivity (Wildman–Crippen MR) is 107 cm³/mol. The SMILES string of the molecule is C/C(=N/NS(=O)(=O)c1ccc(Br)cc1)c1ccc2ccccc2c1OC(F)F. The van der Waals surface area contributed by atoms with Crippen molar-refractivity contribution in [3.8, 4) is 5.75 Å². The lowest BCUT2D eigenvalue weighted by Crippen LogP contribution is -2.20. The second kappa shape index (κ2) is 8.24. The minimum absolute atomic E-state index is 0.0230. The predicted octanol–water partition coefficient (Wildman–Crippen LogP) is 4.91. The van der Waals surface area contributed by atoms with Gasteiger partial charge >= 0.3 is 6.61 Å². The summed E-state index contributed by atoms with van der Waals surface area (Å²) < 4.78 is 56.1. The fourth-order valence-electron chi connectivity index (χ4n) is 2.60. The molecular weight excluding hydrogens is 454 g/mol. The second-order valence-electron chi connectivity index (χ2n) is 5.79. The number of benzene rings is 3. The Balaban J connectivity index is 1.98. The molecule has 28 heavy (non-hydrogen) atoms. The van der Waals surface area contributed by atoms with E-state index in [-0.39, 0.29) is 21.9 Å². The Morgan fingerprint density at radius 3 is 2.43 bits per heavy atom. The molecule has 0 aliphatic rings. The van der Waals surface area contributed by atoms with E-state index in [1.807, 2.05) is 0 Å². The average Bonchev–Trinajstić information content (AvgIpc) is 2.66. The molecule has 0 heterocycles. The lowest BCUT2D eigenvalue weighted by atomic mass is 10.0. The van der Waals surface area contributed by atoms with Gasteiger partial charge in [0.15, 0.2) is 0 Å². The van der Waals surface area contributed by atoms with Gasteiger partial charge in [0.2, 0.25) is 0 Å². The quantitative estimate of drug-likeness (QED) is 0.412. The molecule has 3 aromatic carbocycles. The van der Waals surface area contributed by atoms with Crippen LogP contribution in [0.3, 0.4) is 0 Å². The molecular formula is C19H15BrF2N2O3S. The van der Waals surface area contributed by atoms with E-state index >= 15 is 0 Å². The first-order valence-electron chi connectivity index (χ1n) is 8.06. The Morgan fingerprint density at radius 2 is 1.75 bits per heavy atom. The fraction of sp³-hybridized carbons (Fsp3) is 0.105. The van der Waals surface area contributed by atoms with Crippen LogP contribution in [-0.4, -0.2) is 20.7 Å². The second-order valence-corrected chi connectivity index (χ2v) is 8.36. The van der Waals surface area contributed by atoms with Crippen LogP contribution in [-0.2, 0) is 10.0 Å². The molecule has 0 saturated heterocycles. The van der Waals surface area contributed by atoms with E-state index in [0.717, 1.165) is 4.47 Å². The summed E-state index contributed by atoms with van der Waals surface area (Å²) in [7, 11) is -3.91. The number of fused-ring (bicyclic) bond motifs is 1. The normalized spacial score (nSPS) is 12.4. The fourth-order valence-corrected chi connectivity index (χ4v) is 3.72. The zero-order valence-corrected chi connectivity index (χ0v) is 17.0. The molecule has 0 radical (unpaired) electrons. The van der Waals surface area contributed by atoms with Crippen LogP contribution in [0.5, 0.6) is 5.75 Å². The molecule has 0 bridgehead atoms. The molecule has 0 amide bonds. The lowest BCUT2D eigenvalue weighted by molar-refractivity contribution is -0.0489. The van der Waals surface area contributed by atoms with Gasteiger partial charge in [-0.05, 0) is 42.6 Å². The van der Waals surface area contributed by atoms with Crippen molar-refractivity contribution in [1.29, 1.82) is 0 Å². The minimum Gasteiger partial charge on any atom is -0.433 e. The van der Waals surface area contributed by atoms with Crippen molar-refractivity contribution in [2.45, 2.75) is 18.4 Å². The first-order valence-corrected chi connectivity index (χ1v) is 10.3. The maximum absolute atomic E-state index is 12.9. The third-order valence-corrected chi connectivity index (χ3v) is 5.69. The highest BCUT2D eigenvalue weighted by Crippen LogP contribution is 2.31. The van der Waals surface area contributed by atoms with Crippen molar-refractivity contribution in [2.24, 2.45) is 5.10 Å². The first kappa shape index (κ1) is 20.2. The standard InChI is InChI=1S/C19H15BrF2N2O3S/c1-12(23-24-28(25,26)15-9-7-14(20)8-10-15)16-11-6-13-4-2-3-5-17(13)18(16)27-19(21)22/h2-11,19,24H,1H3/b23-12-. The van der Waals surface area contributed by atoms with Gasteiger partial charge in [-0.1, -0.05) is 46.3 Å². The van der Waals surface area contributed by atoms with E-state index < -0.39 is 16.6 Å². The number of hydrazone groups is 1. The summed E-state index contributed by atoms with van der Waals surface area (Å²) >= 11 is 3.23. The molecule has 5 nitrogen and oxygen atoms in total. The van der Waals surface area contributed by atoms with E-state index in [0.29, 0.717) is 10.8 Å². The molecule has 0 saturated carbocycles. The van der Waals surface area contributed by atoms with Gasteiger partial charge in [-0.3, -0.25) is 0 Å². The summed E-state index contributed by atoms with van der Waals surface area (Å²) in [6.07, 6.45) is 0. The highest BCUT2D eigenvalue weighted by molar-refractivity contribution is 9.10. The molecule has 0 fully saturated rings. The molecule has 1 N–H and O–H groups in total. The number of nitrogens with one attached hydrogen (secondary N) is 1. The Labute approximate surface area is 169 Å². The molecule has 0 aliphatic heterocycles. The molecule has 0 unspecified atom stereocenters. The Morgan fingerprint density at radius 1 is 1.07 bits per heavy atom. The number of nitrogens with zero attached hydrogens (tertiary/aromatic N) is 1. The van der Waals surface area contributed by atoms with Gasteiger partial charge in [0.1, 0.15) is 5.75 Å². The van der Waals surface area contributed by atoms with Gasteiger partial charge in [-0.15, -0.1) is 0 Å². The van der Waals surface area contributed by atoms with Gasteiger partial charge in [0.25, 0.3) is 10.0 Å². The zero-order chi connectivity index (χ0) is 20.3. The minimum atomic E-state index is -3.91. The van der Waals surface area contributed by atoms with Crippen LogP contribution in [0.1, 0.15) is 12.5 Å². The van der Waals surface area contributed by atoms with Crippen LogP contribution < -0.4 is 9.57 Å². The summed E-state index contributed by atoms with van der Waals surface area (Å²) in [5, 5.41) is 5.07. The molecule has 146 valence electrons. The number of hydrogen-bond donors (Lipinski definition) is 1. The van der Waals surface area contributed by atoms with E-state index in [4.69, 9.17) is 4.74 Å². The average molecular weight is 469 g/mol. The number of rotatable bonds is 6. The van der Waals surface area contributed by atoms with Crippen LogP contribution in [0.2, 0.25) is 0 Å². The van der Waals surface area contributed by atoms with Crippen LogP contribution in [0.25, 0.3) is 10.8 Å². The number of hydrogen-bond acceptors (Lipinski definition) is 4. The van der Waals surface area contributed by atoms with Crippen LogP contribution >= 0.6 is 15.9 Å². The Kier molecular flexibility index (Phi) is 5.95. The summed E-state index contributed by atoms with van der Waals surface area (Å²) in [6, 6.07) is 16.2. The van der Waals surface area contributed by atoms with Crippen LogP contribution in [0.15, 0.2) is 75.1 Å². The zero-order valence-electron chi connectivity index (χ0n) is 14.6. The van der Waals surface area contributed by atoms with E-state index in [1.165, 1.54) is 19.1 Å². The molecule has 0 atom stereocenters. The summed E-state index contributed by atoms with van der Waals surface area (Å²) in [5.74, 6) is -0.0582. The highest BCUT2D eigenvalue weighted by Gasteiger charge is 2.17. The number of alkyl halides is 2. The van der Waals surface area contributed by atoms with Gasteiger partial charge in [-0.25, -0.2) is 0 Å². The number of halogens is 3. The largest absolute Gasteiger partial charge is 0.433 e. The molecule has 3 aromatic rings. The lowest BCUT2D eigenvalue weighted by Gasteiger charge is -2.14. The third-order valence-electron chi connectivity index (χ3n) is 3.93. The highest BCUT2D eigenvalue weighted by atomic mass is 79.9. The van der Waals surface area contributed by atoms with E-state index in [2.05, 4.69) is 25.9 Å². The van der Waals surface area contributed by atoms with Crippen LogP contribution in [0, 0.1) is 0 Å². The van der Waals surface area contributed by atoms with Gasteiger partial charge in [-0.2, -0.15) is 27.1 Å². The number of ether oxygens (including phenoxy) is 1. The molecule has 9 heteroatoms. The monoisotopic (exact) mass is 468 g/mol. The van der Waals surface area contributed by atoms with E-state index in [1.54, 1.807) is 48.5 Å². The molecule has 0 aromatic heterocycles. The Hall–Kier alpha value is -2.52. The Bertz CT molecular complexity index is 1130. The van der Waals surface area contributed by atoms with Gasteiger partial charge in [0.05, 0.1) is 10.6 Å². The van der Waals surface area contributed by atoms with E-state index in [9.17, 15) is 17.2 Å². The maximum Gasteiger partial charge on any atom is 0.387 e. The smallest absolute Gasteiger partial charge is 0.387 e. The molecule has 0 spiro atoms. The van der Waals surface area contributed by atoms with Crippen molar-refractivity contribution in [3.05, 3.63) is 70.7 Å². The molecule has 0 aliphatic carbocycles. The van der Waals surface area contributed by atoms with Crippen molar-refractivity contribution in [3.63, 3.8) is 0 Å². The van der Waals surface area contributed by atoms with Crippen molar-refractivity contribution in [2.75, 3.05) is 0 Å².